The molecule has 2 aliphatic rings. The van der Waals surface area contributed by atoms with Gasteiger partial charge in [-0.3, -0.25) is 9.69 Å². The number of fused-ring (bicyclic) bond motifs is 1. The normalized spacial score (nSPS) is 23.5. The highest BCUT2D eigenvalue weighted by atomic mass is 16.5. The monoisotopic (exact) mass is 357 g/mol. The van der Waals surface area contributed by atoms with Gasteiger partial charge in [-0.1, -0.05) is 6.07 Å². The van der Waals surface area contributed by atoms with Crippen LogP contribution in [0.4, 0.5) is 0 Å². The zero-order valence-corrected chi connectivity index (χ0v) is 14.8. The summed E-state index contributed by atoms with van der Waals surface area (Å²) < 4.78 is 16.4. The summed E-state index contributed by atoms with van der Waals surface area (Å²) in [6.07, 6.45) is 2.51. The lowest BCUT2D eigenvalue weighted by Gasteiger charge is -2.46. The number of rotatable bonds is 4. The summed E-state index contributed by atoms with van der Waals surface area (Å²) in [7, 11) is 1.62. The van der Waals surface area contributed by atoms with Gasteiger partial charge in [0.15, 0.2) is 5.76 Å². The van der Waals surface area contributed by atoms with Crippen molar-refractivity contribution in [2.75, 3.05) is 33.4 Å². The Morgan fingerprint density at radius 1 is 1.31 bits per heavy atom. The molecule has 138 valence electrons. The third-order valence-corrected chi connectivity index (χ3v) is 5.04. The first kappa shape index (κ1) is 17.1. The summed E-state index contributed by atoms with van der Waals surface area (Å²) in [5.41, 5.74) is 0.962. The van der Waals surface area contributed by atoms with Gasteiger partial charge in [-0.25, -0.2) is 4.98 Å². The van der Waals surface area contributed by atoms with Crippen molar-refractivity contribution < 1.29 is 18.7 Å². The molecule has 4 heterocycles. The maximum absolute atomic E-state index is 12.8. The van der Waals surface area contributed by atoms with E-state index in [0.29, 0.717) is 24.8 Å². The van der Waals surface area contributed by atoms with Crippen LogP contribution < -0.4 is 4.74 Å². The van der Waals surface area contributed by atoms with Crippen molar-refractivity contribution in [3.05, 3.63) is 48.0 Å². The molecule has 2 aromatic heterocycles. The van der Waals surface area contributed by atoms with Crippen LogP contribution in [0.1, 0.15) is 22.7 Å². The van der Waals surface area contributed by atoms with Crippen molar-refractivity contribution in [1.29, 1.82) is 0 Å². The Labute approximate surface area is 152 Å². The Morgan fingerprint density at radius 3 is 3.04 bits per heavy atom. The number of piperidine rings is 1. The van der Waals surface area contributed by atoms with Crippen LogP contribution in [-0.4, -0.2) is 66.2 Å². The molecule has 0 radical (unpaired) electrons. The summed E-state index contributed by atoms with van der Waals surface area (Å²) in [5.74, 6) is 0.944. The highest BCUT2D eigenvalue weighted by molar-refractivity contribution is 5.91. The second kappa shape index (κ2) is 7.47. The van der Waals surface area contributed by atoms with E-state index in [2.05, 4.69) is 9.88 Å². The van der Waals surface area contributed by atoms with Gasteiger partial charge in [0.25, 0.3) is 5.91 Å². The first-order valence-electron chi connectivity index (χ1n) is 8.93. The fourth-order valence-corrected chi connectivity index (χ4v) is 3.76. The van der Waals surface area contributed by atoms with Gasteiger partial charge in [-0.05, 0) is 24.6 Å². The molecule has 2 aromatic rings. The molecule has 2 saturated heterocycles. The van der Waals surface area contributed by atoms with Crippen LogP contribution in [0, 0.1) is 0 Å². The molecule has 0 saturated carbocycles. The van der Waals surface area contributed by atoms with Gasteiger partial charge < -0.3 is 18.8 Å². The second-order valence-electron chi connectivity index (χ2n) is 6.65. The molecule has 1 amide bonds. The number of hydrogen-bond acceptors (Lipinski definition) is 6. The molecule has 2 fully saturated rings. The minimum atomic E-state index is -0.0605. The third kappa shape index (κ3) is 3.45. The van der Waals surface area contributed by atoms with Crippen molar-refractivity contribution >= 4 is 5.91 Å². The van der Waals surface area contributed by atoms with Crippen LogP contribution in [-0.2, 0) is 11.3 Å². The Hall–Kier alpha value is -2.38. The van der Waals surface area contributed by atoms with E-state index in [4.69, 9.17) is 13.9 Å². The molecular formula is C19H23N3O4. The molecule has 0 spiro atoms. The van der Waals surface area contributed by atoms with E-state index >= 15 is 0 Å². The fraction of sp³-hybridized carbons (Fsp3) is 0.474. The number of pyridine rings is 1. The number of ether oxygens (including phenoxy) is 2. The lowest BCUT2D eigenvalue weighted by molar-refractivity contribution is -0.0921. The minimum absolute atomic E-state index is 0.0284. The molecule has 2 atom stereocenters. The van der Waals surface area contributed by atoms with Gasteiger partial charge >= 0.3 is 0 Å². The van der Waals surface area contributed by atoms with Crippen LogP contribution in [0.25, 0.3) is 0 Å². The van der Waals surface area contributed by atoms with E-state index in [-0.39, 0.29) is 18.1 Å². The van der Waals surface area contributed by atoms with Crippen molar-refractivity contribution in [3.8, 4) is 5.88 Å². The lowest BCUT2D eigenvalue weighted by Crippen LogP contribution is -2.61. The molecule has 0 bridgehead atoms. The Bertz CT molecular complexity index is 749. The second-order valence-corrected chi connectivity index (χ2v) is 6.65. The van der Waals surface area contributed by atoms with Crippen LogP contribution in [0.2, 0.25) is 0 Å². The average molecular weight is 357 g/mol. The zero-order chi connectivity index (χ0) is 17.9. The molecule has 4 rings (SSSR count). The first-order chi connectivity index (χ1) is 12.7. The fourth-order valence-electron chi connectivity index (χ4n) is 3.76. The van der Waals surface area contributed by atoms with Crippen molar-refractivity contribution in [2.45, 2.75) is 25.1 Å². The molecule has 0 N–H and O–H groups in total. The molecule has 7 nitrogen and oxygen atoms in total. The zero-order valence-electron chi connectivity index (χ0n) is 14.8. The van der Waals surface area contributed by atoms with Crippen LogP contribution in [0.5, 0.6) is 5.88 Å². The van der Waals surface area contributed by atoms with Gasteiger partial charge in [-0.15, -0.1) is 0 Å². The maximum Gasteiger partial charge on any atom is 0.290 e. The summed E-state index contributed by atoms with van der Waals surface area (Å²) in [6.45, 7) is 3.57. The maximum atomic E-state index is 12.8. The lowest BCUT2D eigenvalue weighted by atomic mass is 9.98. The van der Waals surface area contributed by atoms with Crippen molar-refractivity contribution in [3.63, 3.8) is 0 Å². The van der Waals surface area contributed by atoms with E-state index in [1.54, 1.807) is 19.2 Å². The number of morpholine rings is 1. The van der Waals surface area contributed by atoms with Crippen LogP contribution in [0.15, 0.2) is 41.0 Å². The number of methoxy groups -OCH3 is 1. The summed E-state index contributed by atoms with van der Waals surface area (Å²) in [6, 6.07) is 9.28. The largest absolute Gasteiger partial charge is 0.481 e. The van der Waals surface area contributed by atoms with Gasteiger partial charge in [0.05, 0.1) is 37.8 Å². The summed E-state index contributed by atoms with van der Waals surface area (Å²) in [5, 5.41) is 0. The standard InChI is InChI=1S/C19H23N3O4/c1-24-18-6-2-4-14(20-18)12-21-8-7-16-15(13-21)22(9-11-26-16)19(23)17-5-3-10-25-17/h2-6,10,15-16H,7-9,11-13H2,1H3/t15-,16+/m1/s1. The van der Waals surface area contributed by atoms with E-state index in [1.807, 2.05) is 23.1 Å². The topological polar surface area (TPSA) is 68.0 Å². The quantitative estimate of drug-likeness (QED) is 0.831. The smallest absolute Gasteiger partial charge is 0.290 e. The highest BCUT2D eigenvalue weighted by Gasteiger charge is 2.40. The number of hydrogen-bond donors (Lipinski definition) is 0. The minimum Gasteiger partial charge on any atom is -0.481 e. The number of aromatic nitrogens is 1. The summed E-state index contributed by atoms with van der Waals surface area (Å²) in [4.78, 5) is 21.5. The summed E-state index contributed by atoms with van der Waals surface area (Å²) >= 11 is 0. The SMILES string of the molecule is COc1cccc(CN2CC[C@@H]3OCCN(C(=O)c4ccco4)[C@@H]3C2)n1. The Kier molecular flexibility index (Phi) is 4.90. The van der Waals surface area contributed by atoms with Crippen LogP contribution >= 0.6 is 0 Å². The van der Waals surface area contributed by atoms with E-state index < -0.39 is 0 Å². The van der Waals surface area contributed by atoms with Gasteiger partial charge in [0.2, 0.25) is 5.88 Å². The van der Waals surface area contributed by atoms with Gasteiger partial charge in [0, 0.05) is 32.2 Å². The predicted molar refractivity (Wildman–Crippen MR) is 94.0 cm³/mol. The molecule has 7 heteroatoms. The van der Waals surface area contributed by atoms with E-state index in [0.717, 1.165) is 31.7 Å². The highest BCUT2D eigenvalue weighted by Crippen LogP contribution is 2.25. The van der Waals surface area contributed by atoms with Gasteiger partial charge in [-0.2, -0.15) is 0 Å². The molecular weight excluding hydrogens is 334 g/mol. The number of nitrogens with zero attached hydrogens (tertiary/aromatic N) is 3. The number of amides is 1. The Morgan fingerprint density at radius 2 is 2.23 bits per heavy atom. The number of furan rings is 1. The predicted octanol–water partition coefficient (Wildman–Crippen LogP) is 1.80. The van der Waals surface area contributed by atoms with E-state index in [9.17, 15) is 4.79 Å². The average Bonchev–Trinajstić information content (AvgIpc) is 3.22. The third-order valence-electron chi connectivity index (χ3n) is 5.04. The van der Waals surface area contributed by atoms with E-state index in [1.165, 1.54) is 6.26 Å². The molecule has 0 aromatic carbocycles. The Balaban J connectivity index is 1.47. The van der Waals surface area contributed by atoms with Gasteiger partial charge in [0.1, 0.15) is 0 Å². The molecule has 0 unspecified atom stereocenters. The number of likely N-dealkylation sites (tertiary alicyclic amines) is 1. The number of carbonyl (C=O) groups excluding carboxylic acids is 1. The van der Waals surface area contributed by atoms with Crippen molar-refractivity contribution in [2.24, 2.45) is 0 Å². The molecule has 26 heavy (non-hydrogen) atoms. The first-order valence-corrected chi connectivity index (χ1v) is 8.93. The van der Waals surface area contributed by atoms with Crippen LogP contribution in [0.3, 0.4) is 0 Å². The molecule has 0 aliphatic carbocycles. The van der Waals surface area contributed by atoms with Crippen molar-refractivity contribution in [1.82, 2.24) is 14.8 Å². The molecule has 2 aliphatic heterocycles. The number of carbonyl (C=O) groups is 1.